The zero-order valence-corrected chi connectivity index (χ0v) is 11.8. The van der Waals surface area contributed by atoms with Gasteiger partial charge in [0.1, 0.15) is 5.58 Å². The molecule has 2 heterocycles. The number of aromatic nitrogens is 2. The van der Waals surface area contributed by atoms with Crippen molar-refractivity contribution in [2.24, 2.45) is 0 Å². The van der Waals surface area contributed by atoms with Crippen LogP contribution in [0.1, 0.15) is 30.5 Å². The quantitative estimate of drug-likeness (QED) is 0.772. The molecule has 1 aromatic carbocycles. The Morgan fingerprint density at radius 2 is 2.20 bits per heavy atom. The number of fused-ring (bicyclic) bond motifs is 1. The maximum atomic E-state index is 5.64. The van der Waals surface area contributed by atoms with Gasteiger partial charge in [0.15, 0.2) is 0 Å². The summed E-state index contributed by atoms with van der Waals surface area (Å²) in [6.45, 7) is 3.10. The van der Waals surface area contributed by atoms with Crippen LogP contribution in [-0.2, 0) is 6.54 Å². The van der Waals surface area contributed by atoms with Crippen LogP contribution >= 0.6 is 0 Å². The first kappa shape index (κ1) is 12.9. The maximum Gasteiger partial charge on any atom is 0.134 e. The van der Waals surface area contributed by atoms with E-state index in [2.05, 4.69) is 29.6 Å². The predicted molar refractivity (Wildman–Crippen MR) is 79.6 cm³/mol. The Labute approximate surface area is 118 Å². The van der Waals surface area contributed by atoms with Gasteiger partial charge in [-0.15, -0.1) is 0 Å². The zero-order valence-electron chi connectivity index (χ0n) is 11.8. The first-order valence-electron chi connectivity index (χ1n) is 6.99. The molecule has 0 amide bonds. The number of furan rings is 1. The number of aryl methyl sites for hydroxylation is 1. The van der Waals surface area contributed by atoms with Gasteiger partial charge in [-0.1, -0.05) is 25.1 Å². The lowest BCUT2D eigenvalue weighted by Gasteiger charge is -2.13. The van der Waals surface area contributed by atoms with Crippen molar-refractivity contribution in [2.75, 3.05) is 7.05 Å². The number of nitrogens with zero attached hydrogens (tertiary/aromatic N) is 2. The highest BCUT2D eigenvalue weighted by Gasteiger charge is 2.18. The van der Waals surface area contributed by atoms with Crippen molar-refractivity contribution in [3.05, 3.63) is 54.0 Å². The molecule has 3 rings (SSSR count). The Kier molecular flexibility index (Phi) is 3.56. The molecule has 104 valence electrons. The fourth-order valence-corrected chi connectivity index (χ4v) is 2.60. The van der Waals surface area contributed by atoms with Gasteiger partial charge >= 0.3 is 0 Å². The standard InChI is InChI=1S/C16H19N3O/c1-3-8-19-10-12(9-18-19)16(17-2)14-11-20-15-7-5-4-6-13(14)15/h4-7,9-11,16-17H,3,8H2,1-2H3. The maximum absolute atomic E-state index is 5.64. The molecule has 2 aromatic heterocycles. The average Bonchev–Trinajstić information content (AvgIpc) is 3.09. The summed E-state index contributed by atoms with van der Waals surface area (Å²) in [6.07, 6.45) is 6.95. The monoisotopic (exact) mass is 269 g/mol. The summed E-state index contributed by atoms with van der Waals surface area (Å²) in [5.74, 6) is 0. The Bertz CT molecular complexity index is 698. The molecule has 1 atom stereocenters. The summed E-state index contributed by atoms with van der Waals surface area (Å²) in [6, 6.07) is 8.21. The van der Waals surface area contributed by atoms with Gasteiger partial charge in [0, 0.05) is 29.3 Å². The normalized spacial score (nSPS) is 12.9. The van der Waals surface area contributed by atoms with Crippen molar-refractivity contribution < 1.29 is 4.42 Å². The van der Waals surface area contributed by atoms with Crippen molar-refractivity contribution in [2.45, 2.75) is 25.9 Å². The molecule has 4 nitrogen and oxygen atoms in total. The van der Waals surface area contributed by atoms with Crippen molar-refractivity contribution in [1.82, 2.24) is 15.1 Å². The van der Waals surface area contributed by atoms with Gasteiger partial charge < -0.3 is 9.73 Å². The number of benzene rings is 1. The fourth-order valence-electron chi connectivity index (χ4n) is 2.60. The number of para-hydroxylation sites is 1. The van der Waals surface area contributed by atoms with E-state index in [1.54, 1.807) is 0 Å². The van der Waals surface area contributed by atoms with Crippen LogP contribution in [-0.4, -0.2) is 16.8 Å². The molecule has 0 aliphatic carbocycles. The number of nitrogens with one attached hydrogen (secondary N) is 1. The van der Waals surface area contributed by atoms with Crippen LogP contribution in [0.25, 0.3) is 11.0 Å². The van der Waals surface area contributed by atoms with E-state index in [9.17, 15) is 0 Å². The third-order valence-corrected chi connectivity index (χ3v) is 3.55. The Balaban J connectivity index is 2.00. The Morgan fingerprint density at radius 1 is 1.35 bits per heavy atom. The zero-order chi connectivity index (χ0) is 13.9. The molecule has 0 radical (unpaired) electrons. The molecular weight excluding hydrogens is 250 g/mol. The Hall–Kier alpha value is -2.07. The molecule has 1 N–H and O–H groups in total. The van der Waals surface area contributed by atoms with Crippen LogP contribution in [0.15, 0.2) is 47.3 Å². The number of hydrogen-bond donors (Lipinski definition) is 1. The third-order valence-electron chi connectivity index (χ3n) is 3.55. The van der Waals surface area contributed by atoms with Crippen LogP contribution in [0, 0.1) is 0 Å². The summed E-state index contributed by atoms with van der Waals surface area (Å²) < 4.78 is 7.63. The molecule has 3 aromatic rings. The molecule has 1 unspecified atom stereocenters. The van der Waals surface area contributed by atoms with Gasteiger partial charge in [0.25, 0.3) is 0 Å². The van der Waals surface area contributed by atoms with E-state index in [1.807, 2.05) is 42.4 Å². The van der Waals surface area contributed by atoms with E-state index in [0.29, 0.717) is 0 Å². The van der Waals surface area contributed by atoms with E-state index in [1.165, 1.54) is 0 Å². The summed E-state index contributed by atoms with van der Waals surface area (Å²) in [4.78, 5) is 0. The van der Waals surface area contributed by atoms with Crippen molar-refractivity contribution in [3.63, 3.8) is 0 Å². The highest BCUT2D eigenvalue weighted by atomic mass is 16.3. The van der Waals surface area contributed by atoms with Gasteiger partial charge in [-0.05, 0) is 19.5 Å². The minimum Gasteiger partial charge on any atom is -0.464 e. The van der Waals surface area contributed by atoms with Gasteiger partial charge in [-0.25, -0.2) is 0 Å². The number of hydrogen-bond acceptors (Lipinski definition) is 3. The highest BCUT2D eigenvalue weighted by molar-refractivity contribution is 5.81. The van der Waals surface area contributed by atoms with Crippen molar-refractivity contribution >= 4 is 11.0 Å². The molecule has 0 aliphatic heterocycles. The SMILES string of the molecule is CCCn1cc(C(NC)c2coc3ccccc23)cn1. The van der Waals surface area contributed by atoms with Gasteiger partial charge in [0.2, 0.25) is 0 Å². The van der Waals surface area contributed by atoms with E-state index in [-0.39, 0.29) is 6.04 Å². The molecule has 20 heavy (non-hydrogen) atoms. The van der Waals surface area contributed by atoms with Crippen LogP contribution in [0.2, 0.25) is 0 Å². The first-order chi connectivity index (χ1) is 9.83. The summed E-state index contributed by atoms with van der Waals surface area (Å²) in [5.41, 5.74) is 3.23. The predicted octanol–water partition coefficient (Wildman–Crippen LogP) is 3.35. The van der Waals surface area contributed by atoms with Crippen LogP contribution < -0.4 is 5.32 Å². The summed E-state index contributed by atoms with van der Waals surface area (Å²) in [7, 11) is 1.96. The summed E-state index contributed by atoms with van der Waals surface area (Å²) in [5, 5.41) is 8.91. The van der Waals surface area contributed by atoms with Crippen LogP contribution in [0.5, 0.6) is 0 Å². The Morgan fingerprint density at radius 3 is 3.00 bits per heavy atom. The van der Waals surface area contributed by atoms with E-state index in [4.69, 9.17) is 4.42 Å². The second-order valence-electron chi connectivity index (χ2n) is 4.95. The minimum absolute atomic E-state index is 0.101. The van der Waals surface area contributed by atoms with Crippen LogP contribution in [0.4, 0.5) is 0 Å². The lowest BCUT2D eigenvalue weighted by molar-refractivity contribution is 0.592. The largest absolute Gasteiger partial charge is 0.464 e. The topological polar surface area (TPSA) is 43.0 Å². The van der Waals surface area contributed by atoms with Gasteiger partial charge in [0.05, 0.1) is 18.5 Å². The third kappa shape index (κ3) is 2.23. The first-order valence-corrected chi connectivity index (χ1v) is 6.99. The molecule has 4 heteroatoms. The van der Waals surface area contributed by atoms with Crippen molar-refractivity contribution in [1.29, 1.82) is 0 Å². The smallest absolute Gasteiger partial charge is 0.134 e. The van der Waals surface area contributed by atoms with E-state index >= 15 is 0 Å². The molecule has 0 fully saturated rings. The van der Waals surface area contributed by atoms with E-state index < -0.39 is 0 Å². The molecule has 0 spiro atoms. The molecule has 0 bridgehead atoms. The molecule has 0 saturated heterocycles. The average molecular weight is 269 g/mol. The highest BCUT2D eigenvalue weighted by Crippen LogP contribution is 2.30. The summed E-state index contributed by atoms with van der Waals surface area (Å²) >= 11 is 0. The second kappa shape index (κ2) is 5.51. The van der Waals surface area contributed by atoms with Gasteiger partial charge in [-0.2, -0.15) is 5.10 Å². The minimum atomic E-state index is 0.101. The second-order valence-corrected chi connectivity index (χ2v) is 4.95. The lowest BCUT2D eigenvalue weighted by Crippen LogP contribution is -2.16. The van der Waals surface area contributed by atoms with Crippen LogP contribution in [0.3, 0.4) is 0 Å². The molecular formula is C16H19N3O. The molecule has 0 aliphatic rings. The lowest BCUT2D eigenvalue weighted by atomic mass is 10.0. The molecule has 0 saturated carbocycles. The van der Waals surface area contributed by atoms with Gasteiger partial charge in [-0.3, -0.25) is 4.68 Å². The van der Waals surface area contributed by atoms with E-state index in [0.717, 1.165) is 35.1 Å². The van der Waals surface area contributed by atoms with Crippen molar-refractivity contribution in [3.8, 4) is 0 Å². The number of rotatable bonds is 5. The fraction of sp³-hybridized carbons (Fsp3) is 0.312.